The van der Waals surface area contributed by atoms with Crippen LogP contribution in [-0.4, -0.2) is 57.8 Å². The van der Waals surface area contributed by atoms with Gasteiger partial charge in [0.25, 0.3) is 11.6 Å². The number of aromatic hydroxyl groups is 1. The summed E-state index contributed by atoms with van der Waals surface area (Å²) in [7, 11) is 0. The largest absolute Gasteiger partial charge is 0.507 e. The van der Waals surface area contributed by atoms with E-state index in [-0.39, 0.29) is 42.8 Å². The number of nitrogens with zero attached hydrogens (tertiary/aromatic N) is 2. The number of carbonyl (C=O) groups excluding carboxylic acids is 1. The highest BCUT2D eigenvalue weighted by Crippen LogP contribution is 2.24. The molecule has 10 nitrogen and oxygen atoms in total. The zero-order valence-electron chi connectivity index (χ0n) is 19.8. The average Bonchev–Trinajstić information content (AvgIpc) is 2.86. The van der Waals surface area contributed by atoms with Crippen molar-refractivity contribution in [2.24, 2.45) is 5.73 Å². The van der Waals surface area contributed by atoms with E-state index in [1.807, 2.05) is 42.2 Å². The minimum Gasteiger partial charge on any atom is -0.507 e. The molecule has 0 heterocycles. The van der Waals surface area contributed by atoms with Crippen molar-refractivity contribution < 1.29 is 29.4 Å². The molecule has 0 saturated heterocycles. The molecule has 0 spiro atoms. The Morgan fingerprint density at radius 1 is 1.03 bits per heavy atom. The van der Waals surface area contributed by atoms with Crippen LogP contribution in [-0.2, 0) is 6.54 Å². The Balaban J connectivity index is 1.62. The van der Waals surface area contributed by atoms with Crippen LogP contribution < -0.4 is 15.2 Å². The summed E-state index contributed by atoms with van der Waals surface area (Å²) in [6, 6.07) is 19.6. The molecule has 2 unspecified atom stereocenters. The van der Waals surface area contributed by atoms with Gasteiger partial charge in [0, 0.05) is 37.3 Å². The van der Waals surface area contributed by atoms with E-state index in [2.05, 4.69) is 0 Å². The first-order chi connectivity index (χ1) is 17.2. The Bertz CT molecular complexity index is 1160. The number of phenols is 1. The number of hydrogen-bond acceptors (Lipinski definition) is 8. The molecule has 0 aliphatic rings. The first-order valence-corrected chi connectivity index (χ1v) is 11.3. The van der Waals surface area contributed by atoms with Crippen molar-refractivity contribution in [2.75, 3.05) is 19.8 Å². The molecular weight excluding hydrogens is 466 g/mol. The standard InChI is InChI=1S/C26H29N3O7/c1-18(16-35-23-11-12-24(26(27)32)25(31)13-23)28(14-19-5-3-2-4-6-19)15-21(30)17-36-22-9-7-20(8-10-22)29(33)34/h2-13,18,21,30-31H,14-17H2,1H3,(H2,27,32). The maximum absolute atomic E-state index is 11.3. The van der Waals surface area contributed by atoms with E-state index in [0.717, 1.165) is 5.56 Å². The Kier molecular flexibility index (Phi) is 9.20. The number of non-ortho nitro benzene ring substituents is 1. The lowest BCUT2D eigenvalue weighted by molar-refractivity contribution is -0.384. The number of nitro benzene ring substituents is 1. The Morgan fingerprint density at radius 2 is 1.67 bits per heavy atom. The highest BCUT2D eigenvalue weighted by molar-refractivity contribution is 5.95. The summed E-state index contributed by atoms with van der Waals surface area (Å²) in [6.45, 7) is 3.02. The van der Waals surface area contributed by atoms with Crippen LogP contribution >= 0.6 is 0 Å². The highest BCUT2D eigenvalue weighted by atomic mass is 16.6. The van der Waals surface area contributed by atoms with E-state index in [4.69, 9.17) is 15.2 Å². The fourth-order valence-electron chi connectivity index (χ4n) is 3.53. The maximum atomic E-state index is 11.3. The number of hydrogen-bond donors (Lipinski definition) is 3. The molecule has 0 aromatic heterocycles. The third-order valence-corrected chi connectivity index (χ3v) is 5.51. The van der Waals surface area contributed by atoms with Gasteiger partial charge in [-0.25, -0.2) is 0 Å². The van der Waals surface area contributed by atoms with Gasteiger partial charge in [-0.1, -0.05) is 30.3 Å². The molecule has 0 fully saturated rings. The van der Waals surface area contributed by atoms with E-state index in [9.17, 15) is 25.1 Å². The van der Waals surface area contributed by atoms with Crippen LogP contribution in [0, 0.1) is 10.1 Å². The maximum Gasteiger partial charge on any atom is 0.269 e. The third-order valence-electron chi connectivity index (χ3n) is 5.51. The van der Waals surface area contributed by atoms with Crippen molar-refractivity contribution in [3.05, 3.63) is 94.0 Å². The van der Waals surface area contributed by atoms with Gasteiger partial charge in [0.05, 0.1) is 10.5 Å². The van der Waals surface area contributed by atoms with Crippen LogP contribution in [0.25, 0.3) is 0 Å². The lowest BCUT2D eigenvalue weighted by Crippen LogP contribution is -2.43. The number of rotatable bonds is 13. The molecule has 3 rings (SSSR count). The van der Waals surface area contributed by atoms with Gasteiger partial charge in [0.15, 0.2) is 0 Å². The number of amides is 1. The lowest BCUT2D eigenvalue weighted by Gasteiger charge is -2.31. The number of aliphatic hydroxyl groups is 1. The number of ether oxygens (including phenoxy) is 2. The smallest absolute Gasteiger partial charge is 0.269 e. The second kappa shape index (κ2) is 12.5. The van der Waals surface area contributed by atoms with Gasteiger partial charge in [-0.05, 0) is 36.8 Å². The quantitative estimate of drug-likeness (QED) is 0.242. The Labute approximate surface area is 208 Å². The van der Waals surface area contributed by atoms with Crippen LogP contribution in [0.15, 0.2) is 72.8 Å². The van der Waals surface area contributed by atoms with Gasteiger partial charge in [-0.15, -0.1) is 0 Å². The molecule has 0 aliphatic carbocycles. The number of carbonyl (C=O) groups is 1. The molecule has 0 radical (unpaired) electrons. The molecule has 0 aliphatic heterocycles. The summed E-state index contributed by atoms with van der Waals surface area (Å²) >= 11 is 0. The zero-order valence-corrected chi connectivity index (χ0v) is 19.8. The Hall–Kier alpha value is -4.15. The van der Waals surface area contributed by atoms with Gasteiger partial charge in [-0.2, -0.15) is 0 Å². The number of primary amides is 1. The van der Waals surface area contributed by atoms with E-state index in [0.29, 0.717) is 18.0 Å². The van der Waals surface area contributed by atoms with Crippen molar-refractivity contribution in [2.45, 2.75) is 25.6 Å². The first-order valence-electron chi connectivity index (χ1n) is 11.3. The van der Waals surface area contributed by atoms with Crippen molar-refractivity contribution >= 4 is 11.6 Å². The molecule has 190 valence electrons. The van der Waals surface area contributed by atoms with Crippen LogP contribution in [0.4, 0.5) is 5.69 Å². The number of aliphatic hydroxyl groups excluding tert-OH is 1. The predicted octanol–water partition coefficient (Wildman–Crippen LogP) is 3.11. The summed E-state index contributed by atoms with van der Waals surface area (Å²) in [4.78, 5) is 23.6. The molecule has 1 amide bonds. The zero-order chi connectivity index (χ0) is 26.1. The van der Waals surface area contributed by atoms with Crippen LogP contribution in [0.2, 0.25) is 0 Å². The topological polar surface area (TPSA) is 148 Å². The fourth-order valence-corrected chi connectivity index (χ4v) is 3.53. The summed E-state index contributed by atoms with van der Waals surface area (Å²) in [5.41, 5.74) is 6.24. The van der Waals surface area contributed by atoms with E-state index in [1.165, 1.54) is 36.4 Å². The normalized spacial score (nSPS) is 12.6. The van der Waals surface area contributed by atoms with Crippen LogP contribution in [0.3, 0.4) is 0 Å². The van der Waals surface area contributed by atoms with Gasteiger partial charge < -0.3 is 25.4 Å². The molecule has 10 heteroatoms. The number of nitrogens with two attached hydrogens (primary N) is 1. The molecule has 3 aromatic carbocycles. The summed E-state index contributed by atoms with van der Waals surface area (Å²) < 4.78 is 11.4. The lowest BCUT2D eigenvalue weighted by atomic mass is 10.1. The fraction of sp³-hybridized carbons (Fsp3) is 0.269. The summed E-state index contributed by atoms with van der Waals surface area (Å²) in [6.07, 6.45) is -0.842. The van der Waals surface area contributed by atoms with E-state index < -0.39 is 16.9 Å². The number of nitro groups is 1. The van der Waals surface area contributed by atoms with Gasteiger partial charge in [-0.3, -0.25) is 19.8 Å². The molecule has 2 atom stereocenters. The summed E-state index contributed by atoms with van der Waals surface area (Å²) in [5, 5.41) is 31.4. The van der Waals surface area contributed by atoms with E-state index in [1.54, 1.807) is 6.07 Å². The van der Waals surface area contributed by atoms with Crippen molar-refractivity contribution in [3.8, 4) is 17.2 Å². The molecule has 0 bridgehead atoms. The monoisotopic (exact) mass is 495 g/mol. The molecular formula is C26H29N3O7. The second-order valence-corrected chi connectivity index (χ2v) is 8.33. The van der Waals surface area contributed by atoms with Crippen LogP contribution in [0.5, 0.6) is 17.2 Å². The average molecular weight is 496 g/mol. The molecule has 3 aromatic rings. The van der Waals surface area contributed by atoms with Crippen LogP contribution in [0.1, 0.15) is 22.8 Å². The minimum absolute atomic E-state index is 0.000863. The molecule has 4 N–H and O–H groups in total. The van der Waals surface area contributed by atoms with Crippen molar-refractivity contribution in [1.82, 2.24) is 4.90 Å². The number of benzene rings is 3. The van der Waals surface area contributed by atoms with Gasteiger partial charge in [0.1, 0.15) is 36.6 Å². The van der Waals surface area contributed by atoms with Gasteiger partial charge in [0.2, 0.25) is 0 Å². The van der Waals surface area contributed by atoms with Crippen molar-refractivity contribution in [3.63, 3.8) is 0 Å². The van der Waals surface area contributed by atoms with Crippen molar-refractivity contribution in [1.29, 1.82) is 0 Å². The highest BCUT2D eigenvalue weighted by Gasteiger charge is 2.20. The first kappa shape index (κ1) is 26.5. The van der Waals surface area contributed by atoms with E-state index >= 15 is 0 Å². The minimum atomic E-state index is -0.842. The SMILES string of the molecule is CC(COc1ccc(C(N)=O)c(O)c1)N(Cc1ccccc1)CC(O)COc1ccc([N+](=O)[O-])cc1. The third kappa shape index (κ3) is 7.69. The second-order valence-electron chi connectivity index (χ2n) is 8.33. The summed E-state index contributed by atoms with van der Waals surface area (Å²) in [5.74, 6) is -0.185. The Morgan fingerprint density at radius 3 is 2.28 bits per heavy atom. The van der Waals surface area contributed by atoms with Gasteiger partial charge >= 0.3 is 0 Å². The predicted molar refractivity (Wildman–Crippen MR) is 133 cm³/mol. The molecule has 0 saturated carbocycles. The molecule has 36 heavy (non-hydrogen) atoms.